The summed E-state index contributed by atoms with van der Waals surface area (Å²) in [6.07, 6.45) is 3.96. The maximum atomic E-state index is 9.57. The molecule has 0 bridgehead atoms. The number of benzene rings is 1. The first-order valence-electron chi connectivity index (χ1n) is 9.41. The van der Waals surface area contributed by atoms with Gasteiger partial charge in [0.05, 0.1) is 30.8 Å². The van der Waals surface area contributed by atoms with Crippen molar-refractivity contribution in [3.8, 4) is 6.07 Å². The van der Waals surface area contributed by atoms with Crippen LogP contribution < -0.4 is 0 Å². The molecule has 0 N–H and O–H groups in total. The highest BCUT2D eigenvalue weighted by Gasteiger charge is 2.39. The van der Waals surface area contributed by atoms with Crippen molar-refractivity contribution in [3.05, 3.63) is 35.4 Å². The van der Waals surface area contributed by atoms with Gasteiger partial charge in [0, 0.05) is 32.2 Å². The Morgan fingerprint density at radius 2 is 2.12 bits per heavy atom. The molecule has 3 atom stereocenters. The van der Waals surface area contributed by atoms with Crippen LogP contribution in [-0.4, -0.2) is 43.9 Å². The Kier molecular flexibility index (Phi) is 5.78. The highest BCUT2D eigenvalue weighted by atomic mass is 16.5. The van der Waals surface area contributed by atoms with Crippen molar-refractivity contribution < 1.29 is 9.47 Å². The van der Waals surface area contributed by atoms with E-state index in [4.69, 9.17) is 9.47 Å². The Hall–Kier alpha value is -1.41. The van der Waals surface area contributed by atoms with Gasteiger partial charge in [-0.2, -0.15) is 5.26 Å². The maximum absolute atomic E-state index is 9.57. The summed E-state index contributed by atoms with van der Waals surface area (Å²) >= 11 is 0. The van der Waals surface area contributed by atoms with Crippen LogP contribution in [0.1, 0.15) is 44.2 Å². The first-order valence-corrected chi connectivity index (χ1v) is 9.41. The Labute approximate surface area is 151 Å². The third kappa shape index (κ3) is 3.89. The molecule has 0 spiro atoms. The molecule has 1 saturated carbocycles. The van der Waals surface area contributed by atoms with E-state index in [-0.39, 0.29) is 0 Å². The predicted molar refractivity (Wildman–Crippen MR) is 98.2 cm³/mol. The highest BCUT2D eigenvalue weighted by molar-refractivity contribution is 5.37. The molecule has 25 heavy (non-hydrogen) atoms. The molecule has 1 aliphatic heterocycles. The van der Waals surface area contributed by atoms with Gasteiger partial charge in [0.25, 0.3) is 0 Å². The lowest BCUT2D eigenvalue weighted by Crippen LogP contribution is -2.51. The van der Waals surface area contributed by atoms with Crippen molar-refractivity contribution in [2.24, 2.45) is 5.92 Å². The molecule has 136 valence electrons. The normalized spacial score (nSPS) is 28.0. The van der Waals surface area contributed by atoms with Crippen LogP contribution in [0.2, 0.25) is 0 Å². The Morgan fingerprint density at radius 3 is 2.88 bits per heavy atom. The molecule has 0 unspecified atom stereocenters. The lowest BCUT2D eigenvalue weighted by Gasteiger charge is -2.41. The van der Waals surface area contributed by atoms with E-state index < -0.39 is 5.41 Å². The first-order chi connectivity index (χ1) is 12.1. The number of nitriles is 1. The lowest BCUT2D eigenvalue weighted by atomic mass is 9.82. The van der Waals surface area contributed by atoms with Crippen LogP contribution in [0.4, 0.5) is 0 Å². The number of nitrogens with zero attached hydrogens (tertiary/aromatic N) is 2. The second-order valence-electron chi connectivity index (χ2n) is 7.88. The third-order valence-corrected chi connectivity index (χ3v) is 5.92. The molecule has 4 heteroatoms. The van der Waals surface area contributed by atoms with Crippen molar-refractivity contribution in [3.63, 3.8) is 0 Å². The number of hydrogen-bond donors (Lipinski definition) is 0. The summed E-state index contributed by atoms with van der Waals surface area (Å²) < 4.78 is 11.6. The predicted octanol–water partition coefficient (Wildman–Crippen LogP) is 3.50. The summed E-state index contributed by atoms with van der Waals surface area (Å²) in [5, 5.41) is 9.57. The minimum absolute atomic E-state index is 0.347. The molecule has 1 aromatic carbocycles. The Morgan fingerprint density at radius 1 is 1.32 bits per heavy atom. The van der Waals surface area contributed by atoms with Gasteiger partial charge in [0.1, 0.15) is 0 Å². The molecule has 0 radical (unpaired) electrons. The summed E-state index contributed by atoms with van der Waals surface area (Å²) in [5.74, 6) is 0.543. The summed E-state index contributed by atoms with van der Waals surface area (Å²) in [6, 6.07) is 11.2. The molecule has 2 aliphatic rings. The van der Waals surface area contributed by atoms with E-state index in [1.165, 1.54) is 18.4 Å². The molecule has 4 nitrogen and oxygen atoms in total. The molecule has 0 amide bonds. The molecular formula is C21H30N2O2. The number of methoxy groups -OCH3 is 1. The standard InChI is InChI=1S/C21H30N2O2/c1-21(2,15-22)18-9-5-4-7-16(18)13-23-11-12-25-14-19(23)17-8-6-10-20(17)24-3/h4-5,7,9,17,19-20H,6,8,10-14H2,1-3H3/t17-,19+,20+/m0/s1. The second kappa shape index (κ2) is 7.86. The fourth-order valence-electron chi connectivity index (χ4n) is 4.48. The summed E-state index contributed by atoms with van der Waals surface area (Å²) in [4.78, 5) is 2.55. The molecule has 2 fully saturated rings. The van der Waals surface area contributed by atoms with E-state index in [9.17, 15) is 5.26 Å². The smallest absolute Gasteiger partial charge is 0.0769 e. The zero-order valence-electron chi connectivity index (χ0n) is 15.7. The fraction of sp³-hybridized carbons (Fsp3) is 0.667. The van der Waals surface area contributed by atoms with Gasteiger partial charge in [0.2, 0.25) is 0 Å². The number of morpholine rings is 1. The van der Waals surface area contributed by atoms with Crippen molar-refractivity contribution in [1.82, 2.24) is 4.90 Å². The van der Waals surface area contributed by atoms with Crippen LogP contribution >= 0.6 is 0 Å². The molecule has 1 saturated heterocycles. The number of rotatable bonds is 5. The third-order valence-electron chi connectivity index (χ3n) is 5.92. The Bertz CT molecular complexity index is 623. The average molecular weight is 342 g/mol. The van der Waals surface area contributed by atoms with E-state index in [0.29, 0.717) is 18.1 Å². The zero-order valence-corrected chi connectivity index (χ0v) is 15.7. The van der Waals surface area contributed by atoms with Gasteiger partial charge in [-0.1, -0.05) is 30.7 Å². The van der Waals surface area contributed by atoms with Crippen LogP contribution in [0.25, 0.3) is 0 Å². The SMILES string of the molecule is CO[C@@H]1CCC[C@H]1[C@H]1COCCN1Cc1ccccc1C(C)(C)C#N. The zero-order chi connectivity index (χ0) is 17.9. The van der Waals surface area contributed by atoms with Crippen molar-refractivity contribution in [2.45, 2.75) is 57.2 Å². The van der Waals surface area contributed by atoms with E-state index in [0.717, 1.165) is 38.3 Å². The molecule has 1 aromatic rings. The van der Waals surface area contributed by atoms with E-state index in [2.05, 4.69) is 29.2 Å². The number of hydrogen-bond acceptors (Lipinski definition) is 4. The fourth-order valence-corrected chi connectivity index (χ4v) is 4.48. The molecule has 1 aliphatic carbocycles. The topological polar surface area (TPSA) is 45.5 Å². The van der Waals surface area contributed by atoms with Gasteiger partial charge in [-0.05, 0) is 37.8 Å². The monoisotopic (exact) mass is 342 g/mol. The first kappa shape index (κ1) is 18.4. The highest BCUT2D eigenvalue weighted by Crippen LogP contribution is 2.35. The molecule has 3 rings (SSSR count). The molecule has 1 heterocycles. The Balaban J connectivity index is 1.82. The van der Waals surface area contributed by atoms with Crippen molar-refractivity contribution >= 4 is 0 Å². The minimum atomic E-state index is -0.471. The number of ether oxygens (including phenoxy) is 2. The van der Waals surface area contributed by atoms with Crippen molar-refractivity contribution in [1.29, 1.82) is 5.26 Å². The van der Waals surface area contributed by atoms with Gasteiger partial charge in [-0.3, -0.25) is 4.90 Å². The van der Waals surface area contributed by atoms with Gasteiger partial charge >= 0.3 is 0 Å². The van der Waals surface area contributed by atoms with Gasteiger partial charge in [-0.15, -0.1) is 0 Å². The van der Waals surface area contributed by atoms with E-state index >= 15 is 0 Å². The van der Waals surface area contributed by atoms with Crippen molar-refractivity contribution in [2.75, 3.05) is 26.9 Å². The molecule has 0 aromatic heterocycles. The summed E-state index contributed by atoms with van der Waals surface area (Å²) in [7, 11) is 1.84. The van der Waals surface area contributed by atoms with E-state index in [1.807, 2.05) is 27.0 Å². The minimum Gasteiger partial charge on any atom is -0.381 e. The summed E-state index contributed by atoms with van der Waals surface area (Å²) in [5.41, 5.74) is 1.92. The average Bonchev–Trinajstić information content (AvgIpc) is 3.11. The quantitative estimate of drug-likeness (QED) is 0.821. The van der Waals surface area contributed by atoms with Gasteiger partial charge in [0.15, 0.2) is 0 Å². The summed E-state index contributed by atoms with van der Waals surface area (Å²) in [6.45, 7) is 7.39. The maximum Gasteiger partial charge on any atom is 0.0769 e. The molecular weight excluding hydrogens is 312 g/mol. The van der Waals surface area contributed by atoms with Crippen LogP contribution in [0.3, 0.4) is 0 Å². The van der Waals surface area contributed by atoms with Crippen LogP contribution in [0.15, 0.2) is 24.3 Å². The van der Waals surface area contributed by atoms with Gasteiger partial charge in [-0.25, -0.2) is 0 Å². The van der Waals surface area contributed by atoms with Crippen LogP contribution in [0.5, 0.6) is 0 Å². The van der Waals surface area contributed by atoms with Gasteiger partial charge < -0.3 is 9.47 Å². The second-order valence-corrected chi connectivity index (χ2v) is 7.88. The van der Waals surface area contributed by atoms with E-state index in [1.54, 1.807) is 0 Å². The lowest BCUT2D eigenvalue weighted by molar-refractivity contribution is -0.0609. The van der Waals surface area contributed by atoms with Crippen LogP contribution in [-0.2, 0) is 21.4 Å². The van der Waals surface area contributed by atoms with Crippen LogP contribution in [0, 0.1) is 17.2 Å². The largest absolute Gasteiger partial charge is 0.381 e.